The standard InChI is InChI=1S/C5H12N2O2.FH2O3P.FH/c6-3-1-2-4(7)5(8)9;1-5(2,3)4;/h4H,1-3,6-7H2,(H,8,9);(H2,2,3,4);1H/t4-;;/m0../s1. The van der Waals surface area contributed by atoms with Gasteiger partial charge < -0.3 is 16.6 Å². The summed E-state index contributed by atoms with van der Waals surface area (Å²) in [6, 6.07) is -0.742. The van der Waals surface area contributed by atoms with Gasteiger partial charge in [-0.05, 0) is 19.4 Å². The number of carboxylic acid groups (broad SMARTS) is 1. The maximum absolute atomic E-state index is 10.4. The smallest absolute Gasteiger partial charge is 0.480 e. The fourth-order valence-electron chi connectivity index (χ4n) is 0.461. The SMILES string of the molecule is F.NCCC[C@H](N)C(=O)O.O=P(O)(O)F. The van der Waals surface area contributed by atoms with E-state index in [1.807, 2.05) is 0 Å². The lowest BCUT2D eigenvalue weighted by molar-refractivity contribution is -0.138. The van der Waals surface area contributed by atoms with Crippen molar-refractivity contribution in [2.45, 2.75) is 18.9 Å². The third-order valence-electron chi connectivity index (χ3n) is 1.04. The van der Waals surface area contributed by atoms with Crippen LogP contribution < -0.4 is 11.5 Å². The zero-order valence-corrected chi connectivity index (χ0v) is 8.64. The van der Waals surface area contributed by atoms with Gasteiger partial charge in [0.1, 0.15) is 6.04 Å². The highest BCUT2D eigenvalue weighted by Gasteiger charge is 2.08. The summed E-state index contributed by atoms with van der Waals surface area (Å²) in [7, 11) is -5.14. The lowest BCUT2D eigenvalue weighted by Crippen LogP contribution is -2.30. The molecule has 7 N–H and O–H groups in total. The molecule has 15 heavy (non-hydrogen) atoms. The second kappa shape index (κ2) is 9.94. The number of aliphatic carboxylic acids is 1. The minimum Gasteiger partial charge on any atom is -0.480 e. The Balaban J connectivity index is -0.000000208. The molecule has 0 spiro atoms. The molecule has 0 rings (SSSR count). The van der Waals surface area contributed by atoms with E-state index in [1.165, 1.54) is 0 Å². The summed E-state index contributed by atoms with van der Waals surface area (Å²) in [5.74, 6) is -0.955. The minimum atomic E-state index is -5.14. The van der Waals surface area contributed by atoms with Gasteiger partial charge in [0.05, 0.1) is 0 Å². The van der Waals surface area contributed by atoms with Crippen molar-refractivity contribution in [1.29, 1.82) is 0 Å². The first-order valence-corrected chi connectivity index (χ1v) is 5.12. The van der Waals surface area contributed by atoms with Crippen LogP contribution in [-0.2, 0) is 9.36 Å². The summed E-state index contributed by atoms with van der Waals surface area (Å²) < 4.78 is 19.0. The van der Waals surface area contributed by atoms with Crippen LogP contribution in [-0.4, -0.2) is 33.4 Å². The Labute approximate surface area is 84.9 Å². The molecule has 94 valence electrons. The molecule has 0 bridgehead atoms. The molecular formula is C5H15F2N2O5P. The average Bonchev–Trinajstić information content (AvgIpc) is 1.96. The average molecular weight is 252 g/mol. The third-order valence-corrected chi connectivity index (χ3v) is 1.04. The monoisotopic (exact) mass is 252 g/mol. The summed E-state index contributed by atoms with van der Waals surface area (Å²) in [6.07, 6.45) is 1.14. The van der Waals surface area contributed by atoms with Crippen LogP contribution in [0.25, 0.3) is 0 Å². The lowest BCUT2D eigenvalue weighted by atomic mass is 10.2. The minimum absolute atomic E-state index is 0. The molecule has 0 fully saturated rings. The predicted molar refractivity (Wildman–Crippen MR) is 49.6 cm³/mol. The molecule has 0 radical (unpaired) electrons. The van der Waals surface area contributed by atoms with Crippen LogP contribution in [0.1, 0.15) is 12.8 Å². The summed E-state index contributed by atoms with van der Waals surface area (Å²) >= 11 is 0. The van der Waals surface area contributed by atoms with E-state index < -0.39 is 19.9 Å². The third kappa shape index (κ3) is 31.8. The molecule has 0 aliphatic rings. The van der Waals surface area contributed by atoms with Gasteiger partial charge in [0.2, 0.25) is 0 Å². The van der Waals surface area contributed by atoms with E-state index in [2.05, 4.69) is 0 Å². The van der Waals surface area contributed by atoms with E-state index in [-0.39, 0.29) is 4.70 Å². The quantitative estimate of drug-likeness (QED) is 0.417. The Morgan fingerprint density at radius 3 is 2.00 bits per heavy atom. The van der Waals surface area contributed by atoms with E-state index in [0.717, 1.165) is 0 Å². The van der Waals surface area contributed by atoms with Crippen molar-refractivity contribution in [3.8, 4) is 0 Å². The van der Waals surface area contributed by atoms with Crippen molar-refractivity contribution in [1.82, 2.24) is 0 Å². The first-order valence-electron chi connectivity index (χ1n) is 3.62. The molecule has 0 amide bonds. The highest BCUT2D eigenvalue weighted by atomic mass is 31.2. The van der Waals surface area contributed by atoms with Crippen LogP contribution in [0, 0.1) is 0 Å². The summed E-state index contributed by atoms with van der Waals surface area (Å²) in [5.41, 5.74) is 10.3. The van der Waals surface area contributed by atoms with E-state index in [1.54, 1.807) is 0 Å². The number of hydrogen-bond donors (Lipinski definition) is 5. The molecule has 0 aromatic heterocycles. The van der Waals surface area contributed by atoms with Crippen LogP contribution in [0.3, 0.4) is 0 Å². The van der Waals surface area contributed by atoms with Gasteiger partial charge in [0.25, 0.3) is 0 Å². The zero-order valence-electron chi connectivity index (χ0n) is 7.74. The predicted octanol–water partition coefficient (Wildman–Crippen LogP) is -0.662. The van der Waals surface area contributed by atoms with E-state index in [9.17, 15) is 8.99 Å². The molecule has 1 atom stereocenters. The summed E-state index contributed by atoms with van der Waals surface area (Å²) in [5, 5.41) is 8.24. The molecule has 0 aliphatic heterocycles. The van der Waals surface area contributed by atoms with Gasteiger partial charge in [0.15, 0.2) is 0 Å². The molecule has 0 heterocycles. The number of halogens is 2. The van der Waals surface area contributed by atoms with Crippen LogP contribution in [0.5, 0.6) is 0 Å². The molecule has 7 nitrogen and oxygen atoms in total. The molecule has 0 saturated carbocycles. The first-order chi connectivity index (χ1) is 6.18. The van der Waals surface area contributed by atoms with Gasteiger partial charge in [-0.15, -0.1) is 4.20 Å². The normalized spacial score (nSPS) is 11.8. The second-order valence-corrected chi connectivity index (χ2v) is 3.29. The number of carboxylic acids is 1. The Morgan fingerprint density at radius 1 is 1.47 bits per heavy atom. The summed E-state index contributed by atoms with van der Waals surface area (Å²) in [4.78, 5) is 24.0. The largest absolute Gasteiger partial charge is 0.507 e. The first kappa shape index (κ1) is 19.9. The molecule has 0 aliphatic carbocycles. The van der Waals surface area contributed by atoms with E-state index >= 15 is 0 Å². The molecule has 0 saturated heterocycles. The van der Waals surface area contributed by atoms with Gasteiger partial charge in [0, 0.05) is 0 Å². The Hall–Kier alpha value is -0.600. The van der Waals surface area contributed by atoms with Crippen molar-refractivity contribution in [3.05, 3.63) is 0 Å². The van der Waals surface area contributed by atoms with Crippen LogP contribution >= 0.6 is 7.91 Å². The van der Waals surface area contributed by atoms with Gasteiger partial charge >= 0.3 is 13.9 Å². The van der Waals surface area contributed by atoms with Crippen molar-refractivity contribution >= 4 is 13.9 Å². The summed E-state index contributed by atoms with van der Waals surface area (Å²) in [6.45, 7) is 0.501. The van der Waals surface area contributed by atoms with Crippen molar-refractivity contribution in [2.24, 2.45) is 11.5 Å². The van der Waals surface area contributed by atoms with Crippen LogP contribution in [0.2, 0.25) is 0 Å². The molecule has 0 unspecified atom stereocenters. The number of nitrogens with two attached hydrogens (primary N) is 2. The molecule has 0 aromatic rings. The zero-order chi connectivity index (χ0) is 11.8. The van der Waals surface area contributed by atoms with E-state index in [0.29, 0.717) is 19.4 Å². The van der Waals surface area contributed by atoms with Gasteiger partial charge in [-0.2, -0.15) is 0 Å². The van der Waals surface area contributed by atoms with Crippen molar-refractivity contribution < 1.29 is 33.2 Å². The molecular weight excluding hydrogens is 237 g/mol. The van der Waals surface area contributed by atoms with E-state index in [4.69, 9.17) is 30.9 Å². The van der Waals surface area contributed by atoms with Gasteiger partial charge in [-0.25, -0.2) is 4.57 Å². The second-order valence-electron chi connectivity index (χ2n) is 2.35. The maximum atomic E-state index is 10.4. The van der Waals surface area contributed by atoms with Crippen molar-refractivity contribution in [2.75, 3.05) is 6.54 Å². The van der Waals surface area contributed by atoms with Crippen molar-refractivity contribution in [3.63, 3.8) is 0 Å². The number of rotatable bonds is 4. The van der Waals surface area contributed by atoms with Gasteiger partial charge in [-0.3, -0.25) is 19.3 Å². The highest BCUT2D eigenvalue weighted by Crippen LogP contribution is 2.34. The Kier molecular flexibility index (Phi) is 13.2. The highest BCUT2D eigenvalue weighted by molar-refractivity contribution is 7.45. The fourth-order valence-corrected chi connectivity index (χ4v) is 0.461. The lowest BCUT2D eigenvalue weighted by Gasteiger charge is -2.02. The van der Waals surface area contributed by atoms with Gasteiger partial charge in [-0.1, -0.05) is 0 Å². The Bertz CT molecular complexity index is 203. The fraction of sp³-hybridized carbons (Fsp3) is 0.800. The maximum Gasteiger partial charge on any atom is 0.507 e. The van der Waals surface area contributed by atoms with Crippen LogP contribution in [0.15, 0.2) is 0 Å². The Morgan fingerprint density at radius 2 is 1.80 bits per heavy atom. The number of carbonyl (C=O) groups is 1. The molecule has 0 aromatic carbocycles. The topological polar surface area (TPSA) is 147 Å². The van der Waals surface area contributed by atoms with Crippen LogP contribution in [0.4, 0.5) is 8.90 Å². The number of hydrogen-bond acceptors (Lipinski definition) is 4. The molecule has 10 heteroatoms.